The molecule has 1 aromatic carbocycles. The van der Waals surface area contributed by atoms with Gasteiger partial charge in [0.1, 0.15) is 0 Å². The first-order chi connectivity index (χ1) is 13.6. The number of hydrogen-bond acceptors (Lipinski definition) is 3. The maximum Gasteiger partial charge on any atom is 0.227 e. The molecule has 0 aromatic heterocycles. The Labute approximate surface area is 170 Å². The van der Waals surface area contributed by atoms with Crippen molar-refractivity contribution in [3.05, 3.63) is 17.2 Å². The van der Waals surface area contributed by atoms with Gasteiger partial charge in [0, 0.05) is 38.9 Å². The Kier molecular flexibility index (Phi) is 5.58. The summed E-state index contributed by atoms with van der Waals surface area (Å²) in [6.45, 7) is 1.89. The fourth-order valence-electron chi connectivity index (χ4n) is 4.36. The lowest BCUT2D eigenvalue weighted by molar-refractivity contribution is -0.120. The molecule has 4 rings (SSSR count). The van der Waals surface area contributed by atoms with Gasteiger partial charge in [0.25, 0.3) is 0 Å². The van der Waals surface area contributed by atoms with Crippen LogP contribution in [-0.4, -0.2) is 37.4 Å². The molecule has 0 radical (unpaired) electrons. The summed E-state index contributed by atoms with van der Waals surface area (Å²) in [7, 11) is 0. The SMILES string of the molecule is O=C1CCCCN1c1cc(N2CCCCC2=O)c(N2CCCCC2=O)cc1Cl. The van der Waals surface area contributed by atoms with E-state index in [1.807, 2.05) is 6.07 Å². The second-order valence-corrected chi connectivity index (χ2v) is 8.21. The van der Waals surface area contributed by atoms with Crippen LogP contribution >= 0.6 is 11.6 Å². The highest BCUT2D eigenvalue weighted by Gasteiger charge is 2.31. The van der Waals surface area contributed by atoms with E-state index in [4.69, 9.17) is 11.6 Å². The van der Waals surface area contributed by atoms with Crippen molar-refractivity contribution in [1.29, 1.82) is 0 Å². The average molecular weight is 404 g/mol. The zero-order valence-electron chi connectivity index (χ0n) is 16.1. The van der Waals surface area contributed by atoms with Gasteiger partial charge in [0.2, 0.25) is 17.7 Å². The first-order valence-electron chi connectivity index (χ1n) is 10.3. The lowest BCUT2D eigenvalue weighted by Gasteiger charge is -2.36. The molecule has 3 heterocycles. The van der Waals surface area contributed by atoms with E-state index in [9.17, 15) is 14.4 Å². The van der Waals surface area contributed by atoms with Gasteiger partial charge in [-0.3, -0.25) is 14.4 Å². The predicted octanol–water partition coefficient (Wildman–Crippen LogP) is 3.89. The minimum absolute atomic E-state index is 0.0610. The minimum atomic E-state index is 0.0610. The highest BCUT2D eigenvalue weighted by molar-refractivity contribution is 6.34. The van der Waals surface area contributed by atoms with E-state index in [1.54, 1.807) is 20.8 Å². The first kappa shape index (κ1) is 19.2. The quantitative estimate of drug-likeness (QED) is 0.769. The van der Waals surface area contributed by atoms with E-state index in [0.717, 1.165) is 38.5 Å². The number of carbonyl (C=O) groups excluding carboxylic acids is 3. The molecule has 1 aromatic rings. The third kappa shape index (κ3) is 3.62. The van der Waals surface area contributed by atoms with E-state index in [2.05, 4.69) is 0 Å². The summed E-state index contributed by atoms with van der Waals surface area (Å²) in [4.78, 5) is 43.0. The normalized spacial score (nSPS) is 21.5. The molecule has 3 aliphatic rings. The fraction of sp³-hybridized carbons (Fsp3) is 0.571. The van der Waals surface area contributed by atoms with Crippen molar-refractivity contribution in [3.63, 3.8) is 0 Å². The predicted molar refractivity (Wildman–Crippen MR) is 110 cm³/mol. The molecular weight excluding hydrogens is 378 g/mol. The molecule has 6 nitrogen and oxygen atoms in total. The Morgan fingerprint density at radius 3 is 1.39 bits per heavy atom. The molecule has 0 spiro atoms. The van der Waals surface area contributed by atoms with Crippen molar-refractivity contribution >= 4 is 46.4 Å². The van der Waals surface area contributed by atoms with E-state index in [-0.39, 0.29) is 17.7 Å². The summed E-state index contributed by atoms with van der Waals surface area (Å²) in [5, 5.41) is 0.455. The van der Waals surface area contributed by atoms with Crippen LogP contribution in [0.25, 0.3) is 0 Å². The molecule has 0 unspecified atom stereocenters. The maximum atomic E-state index is 12.7. The lowest BCUT2D eigenvalue weighted by atomic mass is 10.0. The number of anilines is 3. The molecular formula is C21H26ClN3O3. The van der Waals surface area contributed by atoms with E-state index < -0.39 is 0 Å². The second-order valence-electron chi connectivity index (χ2n) is 7.80. The van der Waals surface area contributed by atoms with Gasteiger partial charge in [-0.1, -0.05) is 11.6 Å². The van der Waals surface area contributed by atoms with Crippen molar-refractivity contribution in [1.82, 2.24) is 0 Å². The van der Waals surface area contributed by atoms with Crippen LogP contribution in [0.4, 0.5) is 17.1 Å². The van der Waals surface area contributed by atoms with Gasteiger partial charge in [-0.2, -0.15) is 0 Å². The topological polar surface area (TPSA) is 60.9 Å². The van der Waals surface area contributed by atoms with Crippen LogP contribution in [0.5, 0.6) is 0 Å². The van der Waals surface area contributed by atoms with Crippen LogP contribution in [0, 0.1) is 0 Å². The number of nitrogens with zero attached hydrogens (tertiary/aromatic N) is 3. The Bertz CT molecular complexity index is 810. The van der Waals surface area contributed by atoms with Gasteiger partial charge in [-0.15, -0.1) is 0 Å². The van der Waals surface area contributed by atoms with Crippen LogP contribution in [0.2, 0.25) is 5.02 Å². The van der Waals surface area contributed by atoms with Gasteiger partial charge in [-0.05, 0) is 50.7 Å². The summed E-state index contributed by atoms with van der Waals surface area (Å²) in [6, 6.07) is 3.63. The average Bonchev–Trinajstić information content (AvgIpc) is 2.70. The molecule has 3 amide bonds. The number of carbonyl (C=O) groups is 3. The fourth-order valence-corrected chi connectivity index (χ4v) is 4.62. The van der Waals surface area contributed by atoms with Crippen molar-refractivity contribution < 1.29 is 14.4 Å². The zero-order chi connectivity index (χ0) is 19.7. The van der Waals surface area contributed by atoms with Crippen LogP contribution in [0.3, 0.4) is 0 Å². The molecule has 3 saturated heterocycles. The standard InChI is InChI=1S/C21H26ClN3O3/c22-15-13-17(24-11-5-2-8-20(24)27)18(25-12-6-3-9-21(25)28)14-16(15)23-10-4-1-7-19(23)26/h13-14H,1-12H2. The molecule has 150 valence electrons. The molecule has 3 fully saturated rings. The largest absolute Gasteiger partial charge is 0.311 e. The van der Waals surface area contributed by atoms with Crippen molar-refractivity contribution in [2.45, 2.75) is 57.8 Å². The van der Waals surface area contributed by atoms with Gasteiger partial charge < -0.3 is 14.7 Å². The van der Waals surface area contributed by atoms with Gasteiger partial charge in [0.15, 0.2) is 0 Å². The van der Waals surface area contributed by atoms with Crippen LogP contribution in [0.1, 0.15) is 57.8 Å². The van der Waals surface area contributed by atoms with Crippen molar-refractivity contribution in [2.24, 2.45) is 0 Å². The number of halogens is 1. The lowest BCUT2D eigenvalue weighted by Crippen LogP contribution is -2.40. The Morgan fingerprint density at radius 1 is 0.571 bits per heavy atom. The molecule has 0 aliphatic carbocycles. The molecule has 0 N–H and O–H groups in total. The Balaban J connectivity index is 1.80. The van der Waals surface area contributed by atoms with E-state index in [1.165, 1.54) is 0 Å². The number of rotatable bonds is 3. The van der Waals surface area contributed by atoms with Crippen molar-refractivity contribution in [2.75, 3.05) is 34.3 Å². The summed E-state index contributed by atoms with van der Waals surface area (Å²) in [5.74, 6) is 0.191. The number of amides is 3. The molecule has 0 saturated carbocycles. The monoisotopic (exact) mass is 403 g/mol. The third-order valence-electron chi connectivity index (χ3n) is 5.89. The number of hydrogen-bond donors (Lipinski definition) is 0. The maximum absolute atomic E-state index is 12.7. The third-order valence-corrected chi connectivity index (χ3v) is 6.19. The first-order valence-corrected chi connectivity index (χ1v) is 10.7. The molecule has 28 heavy (non-hydrogen) atoms. The Morgan fingerprint density at radius 2 is 0.964 bits per heavy atom. The number of piperidine rings is 3. The van der Waals surface area contributed by atoms with E-state index >= 15 is 0 Å². The van der Waals surface area contributed by atoms with Crippen LogP contribution < -0.4 is 14.7 Å². The van der Waals surface area contributed by atoms with Gasteiger partial charge in [-0.25, -0.2) is 0 Å². The van der Waals surface area contributed by atoms with Gasteiger partial charge >= 0.3 is 0 Å². The molecule has 3 aliphatic heterocycles. The molecule has 0 bridgehead atoms. The minimum Gasteiger partial charge on any atom is -0.311 e. The molecule has 0 atom stereocenters. The zero-order valence-corrected chi connectivity index (χ0v) is 16.8. The highest BCUT2D eigenvalue weighted by atomic mass is 35.5. The van der Waals surface area contributed by atoms with Crippen LogP contribution in [0.15, 0.2) is 12.1 Å². The highest BCUT2D eigenvalue weighted by Crippen LogP contribution is 2.42. The van der Waals surface area contributed by atoms with Crippen molar-refractivity contribution in [3.8, 4) is 0 Å². The van der Waals surface area contributed by atoms with E-state index in [0.29, 0.717) is 61.0 Å². The van der Waals surface area contributed by atoms with Gasteiger partial charge in [0.05, 0.1) is 22.1 Å². The molecule has 7 heteroatoms. The summed E-state index contributed by atoms with van der Waals surface area (Å²) >= 11 is 6.61. The second kappa shape index (κ2) is 8.11. The summed E-state index contributed by atoms with van der Waals surface area (Å²) in [5.41, 5.74) is 2.05. The Hall–Kier alpha value is -2.08. The van der Waals surface area contributed by atoms with Crippen LogP contribution in [-0.2, 0) is 14.4 Å². The summed E-state index contributed by atoms with van der Waals surface area (Å²) in [6.07, 6.45) is 7.01. The smallest absolute Gasteiger partial charge is 0.227 e. The summed E-state index contributed by atoms with van der Waals surface area (Å²) < 4.78 is 0. The number of benzene rings is 1.